The van der Waals surface area contributed by atoms with Gasteiger partial charge in [-0.1, -0.05) is 12.1 Å². The van der Waals surface area contributed by atoms with Gasteiger partial charge in [0.15, 0.2) is 0 Å². The normalized spacial score (nSPS) is 21.1. The van der Waals surface area contributed by atoms with Gasteiger partial charge in [-0.2, -0.15) is 0 Å². The highest BCUT2D eigenvalue weighted by Gasteiger charge is 2.25. The Hall–Kier alpha value is -1.98. The first kappa shape index (κ1) is 16.9. The monoisotopic (exact) mass is 330 g/mol. The number of phenolic OH excluding ortho intramolecular Hbond substituents is 1. The lowest BCUT2D eigenvalue weighted by atomic mass is 9.91. The Morgan fingerprint density at radius 2 is 1.92 bits per heavy atom. The molecule has 1 saturated carbocycles. The minimum Gasteiger partial charge on any atom is -0.508 e. The molecular formula is C19H23FN2O2. The average molecular weight is 330 g/mol. The summed E-state index contributed by atoms with van der Waals surface area (Å²) in [5.41, 5.74) is 1.62. The molecule has 0 saturated heterocycles. The number of pyridine rings is 1. The summed E-state index contributed by atoms with van der Waals surface area (Å²) in [6, 6.07) is 9.18. The molecule has 1 aliphatic carbocycles. The summed E-state index contributed by atoms with van der Waals surface area (Å²) in [5, 5.41) is 19.4. The largest absolute Gasteiger partial charge is 0.508 e. The Balaban J connectivity index is 1.79. The third kappa shape index (κ3) is 4.30. The van der Waals surface area contributed by atoms with Crippen LogP contribution in [-0.4, -0.2) is 32.2 Å². The lowest BCUT2D eigenvalue weighted by Gasteiger charge is -2.36. The highest BCUT2D eigenvalue weighted by Crippen LogP contribution is 2.27. The summed E-state index contributed by atoms with van der Waals surface area (Å²) in [4.78, 5) is 6.05. The van der Waals surface area contributed by atoms with Gasteiger partial charge in [-0.3, -0.25) is 9.88 Å². The van der Waals surface area contributed by atoms with Gasteiger partial charge < -0.3 is 10.2 Å². The van der Waals surface area contributed by atoms with Gasteiger partial charge in [-0.05, 0) is 49.4 Å². The first-order valence-corrected chi connectivity index (χ1v) is 8.40. The van der Waals surface area contributed by atoms with Gasteiger partial charge in [0, 0.05) is 30.9 Å². The fraction of sp³-hybridized carbons (Fsp3) is 0.421. The molecule has 24 heavy (non-hydrogen) atoms. The number of rotatable bonds is 5. The van der Waals surface area contributed by atoms with Crippen molar-refractivity contribution in [3.63, 3.8) is 0 Å². The van der Waals surface area contributed by atoms with Gasteiger partial charge in [0.05, 0.1) is 12.3 Å². The molecule has 1 aromatic heterocycles. The molecule has 0 spiro atoms. The summed E-state index contributed by atoms with van der Waals surface area (Å²) in [5.74, 6) is -0.0594. The van der Waals surface area contributed by atoms with E-state index in [9.17, 15) is 14.6 Å². The molecule has 2 aromatic rings. The number of aromatic nitrogens is 1. The lowest BCUT2D eigenvalue weighted by molar-refractivity contribution is 0.0660. The Labute approximate surface area is 141 Å². The van der Waals surface area contributed by atoms with Gasteiger partial charge in [0.25, 0.3) is 0 Å². The first-order valence-electron chi connectivity index (χ1n) is 8.40. The zero-order valence-electron chi connectivity index (χ0n) is 13.6. The lowest BCUT2D eigenvalue weighted by Crippen LogP contribution is -2.38. The molecule has 4 nitrogen and oxygen atoms in total. The van der Waals surface area contributed by atoms with E-state index in [2.05, 4.69) is 9.88 Å². The van der Waals surface area contributed by atoms with E-state index in [-0.39, 0.29) is 17.7 Å². The molecule has 1 aliphatic rings. The van der Waals surface area contributed by atoms with Crippen LogP contribution in [0.2, 0.25) is 0 Å². The van der Waals surface area contributed by atoms with Crippen LogP contribution in [0.3, 0.4) is 0 Å². The predicted molar refractivity (Wildman–Crippen MR) is 89.8 cm³/mol. The molecule has 1 aromatic carbocycles. The van der Waals surface area contributed by atoms with Crippen LogP contribution in [0.15, 0.2) is 42.7 Å². The summed E-state index contributed by atoms with van der Waals surface area (Å²) in [6.45, 7) is 1.13. The number of phenols is 1. The smallest absolute Gasteiger partial charge is 0.145 e. The Bertz CT molecular complexity index is 672. The Morgan fingerprint density at radius 3 is 2.62 bits per heavy atom. The highest BCUT2D eigenvalue weighted by atomic mass is 19.1. The molecule has 0 bridgehead atoms. The molecule has 0 unspecified atom stereocenters. The third-order valence-corrected chi connectivity index (χ3v) is 4.71. The zero-order valence-corrected chi connectivity index (χ0v) is 13.6. The van der Waals surface area contributed by atoms with Crippen LogP contribution in [0.5, 0.6) is 5.75 Å². The molecule has 128 valence electrons. The molecule has 2 N–H and O–H groups in total. The number of aliphatic hydroxyl groups is 1. The van der Waals surface area contributed by atoms with E-state index in [1.807, 2.05) is 12.1 Å². The number of aromatic hydroxyl groups is 1. The van der Waals surface area contributed by atoms with E-state index in [0.29, 0.717) is 24.7 Å². The fourth-order valence-electron chi connectivity index (χ4n) is 3.38. The van der Waals surface area contributed by atoms with E-state index in [0.717, 1.165) is 31.2 Å². The highest BCUT2D eigenvalue weighted by molar-refractivity contribution is 5.27. The first-order chi connectivity index (χ1) is 11.6. The zero-order chi connectivity index (χ0) is 16.9. The second-order valence-corrected chi connectivity index (χ2v) is 6.50. The van der Waals surface area contributed by atoms with E-state index in [4.69, 9.17) is 0 Å². The summed E-state index contributed by atoms with van der Waals surface area (Å²) >= 11 is 0. The van der Waals surface area contributed by atoms with E-state index < -0.39 is 0 Å². The molecule has 0 radical (unpaired) electrons. The van der Waals surface area contributed by atoms with Crippen molar-refractivity contribution in [3.05, 3.63) is 59.7 Å². The van der Waals surface area contributed by atoms with E-state index >= 15 is 0 Å². The van der Waals surface area contributed by atoms with Crippen molar-refractivity contribution >= 4 is 0 Å². The van der Waals surface area contributed by atoms with E-state index in [1.165, 1.54) is 6.20 Å². The maximum Gasteiger partial charge on any atom is 0.145 e. The van der Waals surface area contributed by atoms with Crippen LogP contribution < -0.4 is 0 Å². The van der Waals surface area contributed by atoms with Crippen LogP contribution in [0, 0.1) is 5.82 Å². The van der Waals surface area contributed by atoms with Gasteiger partial charge in [0.2, 0.25) is 0 Å². The summed E-state index contributed by atoms with van der Waals surface area (Å²) in [6.07, 6.45) is 5.98. The van der Waals surface area contributed by atoms with Crippen LogP contribution >= 0.6 is 0 Å². The topological polar surface area (TPSA) is 56.6 Å². The fourth-order valence-corrected chi connectivity index (χ4v) is 3.38. The maximum absolute atomic E-state index is 14.0. The summed E-state index contributed by atoms with van der Waals surface area (Å²) < 4.78 is 14.0. The molecule has 3 rings (SSSR count). The van der Waals surface area contributed by atoms with Crippen LogP contribution in [0.25, 0.3) is 0 Å². The van der Waals surface area contributed by atoms with Crippen molar-refractivity contribution in [2.45, 2.75) is 50.9 Å². The van der Waals surface area contributed by atoms with Crippen molar-refractivity contribution < 1.29 is 14.6 Å². The minimum atomic E-state index is -0.297. The second-order valence-electron chi connectivity index (χ2n) is 6.50. The predicted octanol–water partition coefficient (Wildman–Crippen LogP) is 3.23. The molecule has 0 atom stereocenters. The summed E-state index contributed by atoms with van der Waals surface area (Å²) in [7, 11) is 0. The number of nitrogens with zero attached hydrogens (tertiary/aromatic N) is 2. The van der Waals surface area contributed by atoms with Crippen molar-refractivity contribution in [1.82, 2.24) is 9.88 Å². The number of benzene rings is 1. The number of hydrogen-bond donors (Lipinski definition) is 2. The Kier molecular flexibility index (Phi) is 5.43. The number of aliphatic hydroxyl groups excluding tert-OH is 1. The Morgan fingerprint density at radius 1 is 1.12 bits per heavy atom. The van der Waals surface area contributed by atoms with Crippen molar-refractivity contribution in [3.8, 4) is 5.75 Å². The third-order valence-electron chi connectivity index (χ3n) is 4.71. The second kappa shape index (κ2) is 7.73. The maximum atomic E-state index is 14.0. The average Bonchev–Trinajstić information content (AvgIpc) is 2.57. The van der Waals surface area contributed by atoms with Crippen LogP contribution in [-0.2, 0) is 13.1 Å². The standard InChI is InChI=1S/C19H23FN2O2/c20-19-11-21-9-8-15(19)13-22(16-4-6-17(23)7-5-16)12-14-2-1-3-18(24)10-14/h1-3,8-11,16-17,23-24H,4-7,12-13H2. The van der Waals surface area contributed by atoms with Crippen LogP contribution in [0.4, 0.5) is 4.39 Å². The van der Waals surface area contributed by atoms with Crippen LogP contribution in [0.1, 0.15) is 36.8 Å². The number of halogens is 1. The van der Waals surface area contributed by atoms with Crippen molar-refractivity contribution in [1.29, 1.82) is 0 Å². The van der Waals surface area contributed by atoms with Crippen molar-refractivity contribution in [2.75, 3.05) is 0 Å². The van der Waals surface area contributed by atoms with Gasteiger partial charge >= 0.3 is 0 Å². The molecule has 1 heterocycles. The number of hydrogen-bond acceptors (Lipinski definition) is 4. The van der Waals surface area contributed by atoms with Gasteiger partial charge in [-0.25, -0.2) is 4.39 Å². The molecule has 5 heteroatoms. The molecule has 1 fully saturated rings. The molecule has 0 amide bonds. The van der Waals surface area contributed by atoms with E-state index in [1.54, 1.807) is 24.4 Å². The van der Waals surface area contributed by atoms with Gasteiger partial charge in [0.1, 0.15) is 11.6 Å². The quantitative estimate of drug-likeness (QED) is 0.884. The van der Waals surface area contributed by atoms with Gasteiger partial charge in [-0.15, -0.1) is 0 Å². The van der Waals surface area contributed by atoms with Crippen molar-refractivity contribution in [2.24, 2.45) is 0 Å². The molecular weight excluding hydrogens is 307 g/mol. The minimum absolute atomic E-state index is 0.221. The molecule has 0 aliphatic heterocycles. The SMILES string of the molecule is Oc1cccc(CN(Cc2ccncc2F)C2CCC(O)CC2)c1.